The Morgan fingerprint density at radius 1 is 1.35 bits per heavy atom. The van der Waals surface area contributed by atoms with Crippen LogP contribution in [0.15, 0.2) is 12.3 Å². The summed E-state index contributed by atoms with van der Waals surface area (Å²) >= 11 is 0. The van der Waals surface area contributed by atoms with Crippen molar-refractivity contribution in [1.82, 2.24) is 20.2 Å². The van der Waals surface area contributed by atoms with Gasteiger partial charge in [-0.15, -0.1) is 0 Å². The topological polar surface area (TPSA) is 84.4 Å². The SMILES string of the molecule is Cc1nccc(C(=O)N2CC3(CCCC(CNC(=O)CC4CC4)O3)C2)n1. The maximum Gasteiger partial charge on any atom is 0.272 e. The van der Waals surface area contributed by atoms with Crippen molar-refractivity contribution in [2.75, 3.05) is 19.6 Å². The molecule has 140 valence electrons. The van der Waals surface area contributed by atoms with Crippen LogP contribution in [0.5, 0.6) is 0 Å². The number of hydrogen-bond acceptors (Lipinski definition) is 5. The zero-order valence-corrected chi connectivity index (χ0v) is 15.2. The molecule has 1 saturated carbocycles. The number of rotatable bonds is 5. The fraction of sp³-hybridized carbons (Fsp3) is 0.684. The van der Waals surface area contributed by atoms with Gasteiger partial charge in [0, 0.05) is 19.2 Å². The molecule has 26 heavy (non-hydrogen) atoms. The Labute approximate surface area is 153 Å². The molecule has 2 aliphatic heterocycles. The monoisotopic (exact) mass is 358 g/mol. The summed E-state index contributed by atoms with van der Waals surface area (Å²) in [6, 6.07) is 1.65. The van der Waals surface area contributed by atoms with E-state index in [1.165, 1.54) is 12.8 Å². The second kappa shape index (κ2) is 6.95. The zero-order chi connectivity index (χ0) is 18.1. The Hall–Kier alpha value is -2.02. The van der Waals surface area contributed by atoms with Crippen LogP contribution in [0.1, 0.15) is 54.8 Å². The molecular weight excluding hydrogens is 332 g/mol. The van der Waals surface area contributed by atoms with Gasteiger partial charge in [0.15, 0.2) is 0 Å². The van der Waals surface area contributed by atoms with Crippen molar-refractivity contribution in [2.24, 2.45) is 5.92 Å². The van der Waals surface area contributed by atoms with E-state index in [4.69, 9.17) is 4.74 Å². The van der Waals surface area contributed by atoms with Gasteiger partial charge in [-0.3, -0.25) is 9.59 Å². The highest BCUT2D eigenvalue weighted by Crippen LogP contribution is 2.37. The summed E-state index contributed by atoms with van der Waals surface area (Å²) in [7, 11) is 0. The van der Waals surface area contributed by atoms with Crippen molar-refractivity contribution in [3.05, 3.63) is 23.8 Å². The molecule has 4 rings (SSSR count). The van der Waals surface area contributed by atoms with Crippen LogP contribution >= 0.6 is 0 Å². The lowest BCUT2D eigenvalue weighted by Crippen LogP contribution is -2.67. The first-order valence-corrected chi connectivity index (χ1v) is 9.56. The van der Waals surface area contributed by atoms with Gasteiger partial charge in [-0.1, -0.05) is 0 Å². The van der Waals surface area contributed by atoms with E-state index in [0.29, 0.717) is 43.5 Å². The number of likely N-dealkylation sites (tertiary alicyclic amines) is 1. The van der Waals surface area contributed by atoms with E-state index >= 15 is 0 Å². The molecule has 2 amide bonds. The summed E-state index contributed by atoms with van der Waals surface area (Å²) in [4.78, 5) is 34.4. The lowest BCUT2D eigenvalue weighted by atomic mass is 9.84. The van der Waals surface area contributed by atoms with Crippen LogP contribution in [-0.2, 0) is 9.53 Å². The molecule has 1 atom stereocenters. The van der Waals surface area contributed by atoms with Gasteiger partial charge < -0.3 is 15.0 Å². The van der Waals surface area contributed by atoms with E-state index < -0.39 is 0 Å². The number of ether oxygens (including phenoxy) is 1. The molecule has 0 aromatic carbocycles. The second-order valence-corrected chi connectivity index (χ2v) is 7.92. The minimum absolute atomic E-state index is 0.0467. The molecule has 1 aromatic heterocycles. The summed E-state index contributed by atoms with van der Waals surface area (Å²) in [6.07, 6.45) is 7.68. The highest BCUT2D eigenvalue weighted by atomic mass is 16.5. The molecule has 1 N–H and O–H groups in total. The number of nitrogens with one attached hydrogen (secondary N) is 1. The van der Waals surface area contributed by atoms with Gasteiger partial charge in [0.05, 0.1) is 19.2 Å². The van der Waals surface area contributed by atoms with Gasteiger partial charge in [0.25, 0.3) is 5.91 Å². The number of nitrogens with zero attached hydrogens (tertiary/aromatic N) is 3. The Balaban J connectivity index is 1.27. The number of amides is 2. The van der Waals surface area contributed by atoms with Crippen LogP contribution < -0.4 is 5.32 Å². The van der Waals surface area contributed by atoms with E-state index in [-0.39, 0.29) is 23.5 Å². The third kappa shape index (κ3) is 3.87. The highest BCUT2D eigenvalue weighted by molar-refractivity contribution is 5.93. The van der Waals surface area contributed by atoms with Crippen molar-refractivity contribution in [3.8, 4) is 0 Å². The van der Waals surface area contributed by atoms with E-state index in [1.54, 1.807) is 24.1 Å². The lowest BCUT2D eigenvalue weighted by Gasteiger charge is -2.53. The third-order valence-electron chi connectivity index (χ3n) is 5.51. The van der Waals surface area contributed by atoms with Crippen LogP contribution in [0.3, 0.4) is 0 Å². The van der Waals surface area contributed by atoms with Gasteiger partial charge in [-0.2, -0.15) is 0 Å². The Bertz CT molecular complexity index is 698. The molecule has 7 nitrogen and oxygen atoms in total. The Morgan fingerprint density at radius 2 is 2.15 bits per heavy atom. The van der Waals surface area contributed by atoms with E-state index in [2.05, 4.69) is 15.3 Å². The number of aromatic nitrogens is 2. The first kappa shape index (κ1) is 17.4. The molecule has 1 unspecified atom stereocenters. The summed E-state index contributed by atoms with van der Waals surface area (Å²) in [5.41, 5.74) is 0.189. The van der Waals surface area contributed by atoms with Gasteiger partial charge >= 0.3 is 0 Å². The molecule has 0 radical (unpaired) electrons. The van der Waals surface area contributed by atoms with Crippen molar-refractivity contribution in [2.45, 2.75) is 57.2 Å². The van der Waals surface area contributed by atoms with Gasteiger partial charge in [0.2, 0.25) is 5.91 Å². The predicted molar refractivity (Wildman–Crippen MR) is 94.5 cm³/mol. The van der Waals surface area contributed by atoms with Crippen LogP contribution in [0.25, 0.3) is 0 Å². The first-order valence-electron chi connectivity index (χ1n) is 9.56. The maximum atomic E-state index is 12.5. The van der Waals surface area contributed by atoms with Crippen molar-refractivity contribution in [1.29, 1.82) is 0 Å². The fourth-order valence-electron chi connectivity index (χ4n) is 3.91. The van der Waals surface area contributed by atoms with Gasteiger partial charge in [-0.05, 0) is 51.0 Å². The van der Waals surface area contributed by atoms with E-state index in [1.807, 2.05) is 0 Å². The smallest absolute Gasteiger partial charge is 0.272 e. The molecule has 1 aliphatic carbocycles. The number of hydrogen-bond donors (Lipinski definition) is 1. The van der Waals surface area contributed by atoms with Crippen LogP contribution in [0, 0.1) is 12.8 Å². The van der Waals surface area contributed by atoms with Crippen molar-refractivity contribution in [3.63, 3.8) is 0 Å². The maximum absolute atomic E-state index is 12.5. The molecule has 3 fully saturated rings. The molecule has 1 spiro atoms. The number of carbonyl (C=O) groups excluding carboxylic acids is 2. The molecule has 3 heterocycles. The Morgan fingerprint density at radius 3 is 2.88 bits per heavy atom. The standard InChI is InChI=1S/C19H26N4O3/c1-13-20-8-6-16(22-13)18(25)23-11-19(12-23)7-2-3-15(26-19)10-21-17(24)9-14-4-5-14/h6,8,14-15H,2-5,7,9-12H2,1H3,(H,21,24). The summed E-state index contributed by atoms with van der Waals surface area (Å²) in [5.74, 6) is 1.28. The number of aryl methyl sites for hydroxylation is 1. The van der Waals surface area contributed by atoms with Gasteiger partial charge in [0.1, 0.15) is 17.1 Å². The fourth-order valence-corrected chi connectivity index (χ4v) is 3.91. The Kier molecular flexibility index (Phi) is 4.65. The third-order valence-corrected chi connectivity index (χ3v) is 5.51. The average molecular weight is 358 g/mol. The van der Waals surface area contributed by atoms with Crippen LogP contribution in [0.4, 0.5) is 0 Å². The molecule has 2 saturated heterocycles. The van der Waals surface area contributed by atoms with Crippen LogP contribution in [0.2, 0.25) is 0 Å². The van der Waals surface area contributed by atoms with Gasteiger partial charge in [-0.25, -0.2) is 9.97 Å². The number of carbonyl (C=O) groups is 2. The first-order chi connectivity index (χ1) is 12.5. The molecule has 3 aliphatic rings. The van der Waals surface area contributed by atoms with Crippen molar-refractivity contribution < 1.29 is 14.3 Å². The summed E-state index contributed by atoms with van der Waals surface area (Å²) in [6.45, 7) is 3.55. The molecule has 0 bridgehead atoms. The minimum atomic E-state index is -0.248. The minimum Gasteiger partial charge on any atom is -0.366 e. The second-order valence-electron chi connectivity index (χ2n) is 7.92. The van der Waals surface area contributed by atoms with Crippen LogP contribution in [-0.4, -0.2) is 58.0 Å². The summed E-state index contributed by atoms with van der Waals surface area (Å²) < 4.78 is 6.28. The molecule has 1 aromatic rings. The average Bonchev–Trinajstić information content (AvgIpc) is 3.41. The quantitative estimate of drug-likeness (QED) is 0.861. The van der Waals surface area contributed by atoms with E-state index in [9.17, 15) is 9.59 Å². The molecule has 7 heteroatoms. The largest absolute Gasteiger partial charge is 0.366 e. The molecular formula is C19H26N4O3. The highest BCUT2D eigenvalue weighted by Gasteiger charge is 2.49. The lowest BCUT2D eigenvalue weighted by molar-refractivity contribution is -0.186. The van der Waals surface area contributed by atoms with Crippen molar-refractivity contribution >= 4 is 11.8 Å². The summed E-state index contributed by atoms with van der Waals surface area (Å²) in [5, 5.41) is 3.01. The predicted octanol–water partition coefficient (Wildman–Crippen LogP) is 1.47. The zero-order valence-electron chi connectivity index (χ0n) is 15.2. The normalized spacial score (nSPS) is 24.2. The van der Waals surface area contributed by atoms with E-state index in [0.717, 1.165) is 19.3 Å².